The maximum atomic E-state index is 13.3. The first-order valence-electron chi connectivity index (χ1n) is 15.5. The Balaban J connectivity index is 1.08. The first kappa shape index (κ1) is 34.4. The van der Waals surface area contributed by atoms with Crippen LogP contribution in [-0.2, 0) is 28.4 Å². The summed E-state index contributed by atoms with van der Waals surface area (Å²) in [5.41, 5.74) is -1.84. The van der Waals surface area contributed by atoms with Crippen molar-refractivity contribution < 1.29 is 40.8 Å². The second kappa shape index (κ2) is 13.7. The number of amides is 1. The van der Waals surface area contributed by atoms with E-state index in [-0.39, 0.29) is 42.4 Å². The van der Waals surface area contributed by atoms with Crippen molar-refractivity contribution in [1.82, 2.24) is 9.80 Å². The molecule has 1 amide bonds. The Morgan fingerprint density at radius 2 is 1.53 bits per heavy atom. The van der Waals surface area contributed by atoms with Crippen molar-refractivity contribution in [3.8, 4) is 0 Å². The molecule has 1 saturated heterocycles. The number of rotatable bonds is 8. The number of nitro groups is 1. The molecule has 8 nitrogen and oxygen atoms in total. The van der Waals surface area contributed by atoms with E-state index in [1.165, 1.54) is 12.1 Å². The fraction of sp³-hybridized carbons (Fsp3) is 0.485. The van der Waals surface area contributed by atoms with Crippen LogP contribution < -0.4 is 5.32 Å². The lowest BCUT2D eigenvalue weighted by atomic mass is 9.92. The van der Waals surface area contributed by atoms with E-state index >= 15 is 0 Å². The summed E-state index contributed by atoms with van der Waals surface area (Å²) in [5, 5.41) is 15.3. The van der Waals surface area contributed by atoms with Gasteiger partial charge in [-0.25, -0.2) is 0 Å². The van der Waals surface area contributed by atoms with Crippen molar-refractivity contribution >= 4 is 28.1 Å². The second-order valence-electron chi connectivity index (χ2n) is 12.5. The van der Waals surface area contributed by atoms with Gasteiger partial charge in [0.05, 0.1) is 16.6 Å². The third kappa shape index (κ3) is 8.33. The number of piperazine rings is 1. The van der Waals surface area contributed by atoms with E-state index in [2.05, 4.69) is 10.2 Å². The summed E-state index contributed by atoms with van der Waals surface area (Å²) in [6.45, 7) is 5.58. The molecule has 0 unspecified atom stereocenters. The van der Waals surface area contributed by atoms with Crippen molar-refractivity contribution in [3.63, 3.8) is 0 Å². The molecule has 14 heteroatoms. The fourth-order valence-electron chi connectivity index (χ4n) is 6.55. The van der Waals surface area contributed by atoms with Crippen LogP contribution in [-0.4, -0.2) is 64.6 Å². The number of nitrogens with zero attached hydrogens (tertiary/aromatic N) is 3. The van der Waals surface area contributed by atoms with Gasteiger partial charge in [0.2, 0.25) is 5.91 Å². The first-order chi connectivity index (χ1) is 22.1. The Morgan fingerprint density at radius 1 is 0.894 bits per heavy atom. The maximum Gasteiger partial charge on any atom is 0.423 e. The van der Waals surface area contributed by atoms with Gasteiger partial charge in [0, 0.05) is 49.5 Å². The Bertz CT molecular complexity index is 1590. The van der Waals surface area contributed by atoms with E-state index < -0.39 is 34.1 Å². The zero-order valence-electron chi connectivity index (χ0n) is 25.9. The van der Waals surface area contributed by atoms with E-state index in [0.29, 0.717) is 50.7 Å². The number of hydrogen-bond donors (Lipinski definition) is 1. The molecule has 3 aromatic rings. The van der Waals surface area contributed by atoms with Crippen molar-refractivity contribution in [1.29, 1.82) is 0 Å². The number of alkyl halides is 6. The zero-order valence-corrected chi connectivity index (χ0v) is 25.9. The number of carbonyl (C=O) groups excluding carboxylic acids is 1. The van der Waals surface area contributed by atoms with Gasteiger partial charge in [0.25, 0.3) is 5.69 Å². The van der Waals surface area contributed by atoms with E-state index in [1.807, 2.05) is 26.0 Å². The third-order valence-electron chi connectivity index (χ3n) is 9.04. The average molecular weight is 667 g/mol. The molecular weight excluding hydrogens is 630 g/mol. The normalized spacial score (nSPS) is 22.8. The van der Waals surface area contributed by atoms with Gasteiger partial charge in [0.1, 0.15) is 12.2 Å². The number of nitro benzene ring substituents is 1. The SMILES string of the molecule is C[C@@H]1CN(C(=O)COC2CCC(Nc3ccc([N+](=O)[O-])c(C(F)(F)F)c3)CC2)C[C@H](C)N1Cc1ccc2cc(C(F)(F)F)ccc2c1. The molecule has 0 aromatic heterocycles. The quantitative estimate of drug-likeness (QED) is 0.151. The molecular formula is C33H36F6N4O4. The van der Waals surface area contributed by atoms with Gasteiger partial charge in [-0.05, 0) is 86.2 Å². The summed E-state index contributed by atoms with van der Waals surface area (Å²) in [6.07, 6.45) is -7.01. The number of halogens is 6. The van der Waals surface area contributed by atoms with Crippen LogP contribution in [0.25, 0.3) is 10.8 Å². The fourth-order valence-corrected chi connectivity index (χ4v) is 6.55. The van der Waals surface area contributed by atoms with Crippen LogP contribution in [0.15, 0.2) is 54.6 Å². The minimum absolute atomic E-state index is 0.0322. The number of anilines is 1. The lowest BCUT2D eigenvalue weighted by molar-refractivity contribution is -0.388. The third-order valence-corrected chi connectivity index (χ3v) is 9.04. The number of fused-ring (bicyclic) bond motifs is 1. The molecule has 5 rings (SSSR count). The van der Waals surface area contributed by atoms with E-state index in [4.69, 9.17) is 4.74 Å². The monoisotopic (exact) mass is 666 g/mol. The minimum Gasteiger partial charge on any atom is -0.382 e. The molecule has 2 aliphatic rings. The standard InChI is InChI=1S/C33H36F6N4O4/c1-20-16-41(17-21(2)42(20)18-22-3-4-24-14-25(32(34,35)36)6-5-23(24)13-22)31(44)19-47-28-10-7-26(8-11-28)40-27-9-12-30(43(45)46)29(15-27)33(37,38)39/h3-6,9,12-15,20-21,26,28,40H,7-8,10-11,16-19H2,1-2H3/t20-,21+,26?,28?. The summed E-state index contributed by atoms with van der Waals surface area (Å²) in [4.78, 5) is 27.1. The van der Waals surface area contributed by atoms with Crippen molar-refractivity contribution in [2.24, 2.45) is 0 Å². The minimum atomic E-state index is -4.85. The van der Waals surface area contributed by atoms with Gasteiger partial charge < -0.3 is 15.0 Å². The summed E-state index contributed by atoms with van der Waals surface area (Å²) >= 11 is 0. The Hall–Kier alpha value is -3.91. The Morgan fingerprint density at radius 3 is 2.15 bits per heavy atom. The van der Waals surface area contributed by atoms with Crippen molar-refractivity contribution in [2.45, 2.75) is 82.7 Å². The van der Waals surface area contributed by atoms with Gasteiger partial charge >= 0.3 is 12.4 Å². The van der Waals surface area contributed by atoms with Gasteiger partial charge in [0.15, 0.2) is 0 Å². The lowest BCUT2D eigenvalue weighted by Crippen LogP contribution is -2.58. The summed E-state index contributed by atoms with van der Waals surface area (Å²) in [7, 11) is 0. The Kier molecular flexibility index (Phi) is 10.0. The van der Waals surface area contributed by atoms with Gasteiger partial charge in [-0.1, -0.05) is 18.2 Å². The first-order valence-corrected chi connectivity index (χ1v) is 15.5. The molecule has 1 heterocycles. The van der Waals surface area contributed by atoms with Gasteiger partial charge in [-0.15, -0.1) is 0 Å². The van der Waals surface area contributed by atoms with Crippen LogP contribution in [0.1, 0.15) is 56.2 Å². The second-order valence-corrected chi connectivity index (χ2v) is 12.5. The van der Waals surface area contributed by atoms with Crippen LogP contribution in [0.3, 0.4) is 0 Å². The summed E-state index contributed by atoms with van der Waals surface area (Å²) < 4.78 is 85.2. The van der Waals surface area contributed by atoms with Gasteiger partial charge in [-0.3, -0.25) is 19.8 Å². The molecule has 2 fully saturated rings. The lowest BCUT2D eigenvalue weighted by Gasteiger charge is -2.44. The number of benzene rings is 3. The largest absolute Gasteiger partial charge is 0.423 e. The molecule has 0 spiro atoms. The highest BCUT2D eigenvalue weighted by atomic mass is 19.4. The van der Waals surface area contributed by atoms with Crippen LogP contribution in [0.4, 0.5) is 37.7 Å². The predicted octanol–water partition coefficient (Wildman–Crippen LogP) is 7.65. The molecule has 1 saturated carbocycles. The highest BCUT2D eigenvalue weighted by molar-refractivity contribution is 5.84. The molecule has 1 aliphatic heterocycles. The van der Waals surface area contributed by atoms with Crippen LogP contribution in [0, 0.1) is 10.1 Å². The number of nitrogens with one attached hydrogen (secondary N) is 1. The molecule has 0 radical (unpaired) electrons. The maximum absolute atomic E-state index is 13.3. The smallest absolute Gasteiger partial charge is 0.382 e. The van der Waals surface area contributed by atoms with Crippen LogP contribution in [0.5, 0.6) is 0 Å². The van der Waals surface area contributed by atoms with Crippen molar-refractivity contribution in [2.75, 3.05) is 25.0 Å². The topological polar surface area (TPSA) is 87.9 Å². The molecule has 0 bridgehead atoms. The molecule has 254 valence electrons. The number of carbonyl (C=O) groups is 1. The van der Waals surface area contributed by atoms with E-state index in [1.54, 1.807) is 11.0 Å². The van der Waals surface area contributed by atoms with Crippen LogP contribution in [0.2, 0.25) is 0 Å². The predicted molar refractivity (Wildman–Crippen MR) is 164 cm³/mol. The molecule has 3 aromatic carbocycles. The highest BCUT2D eigenvalue weighted by Gasteiger charge is 2.39. The highest BCUT2D eigenvalue weighted by Crippen LogP contribution is 2.38. The molecule has 47 heavy (non-hydrogen) atoms. The molecule has 1 N–H and O–H groups in total. The van der Waals surface area contributed by atoms with E-state index in [9.17, 15) is 41.3 Å². The van der Waals surface area contributed by atoms with Gasteiger partial charge in [-0.2, -0.15) is 26.3 Å². The van der Waals surface area contributed by atoms with E-state index in [0.717, 1.165) is 35.2 Å². The zero-order chi connectivity index (χ0) is 34.1. The molecule has 2 atom stereocenters. The Labute approximate surface area is 267 Å². The van der Waals surface area contributed by atoms with Crippen molar-refractivity contribution in [3.05, 3.63) is 81.4 Å². The number of ether oxygens (including phenoxy) is 1. The summed E-state index contributed by atoms with van der Waals surface area (Å²) in [5.74, 6) is -0.125. The van der Waals surface area contributed by atoms with Crippen LogP contribution >= 0.6 is 0 Å². The average Bonchev–Trinajstić information content (AvgIpc) is 3.01. The summed E-state index contributed by atoms with van der Waals surface area (Å²) in [6, 6.07) is 12.0. The number of hydrogen-bond acceptors (Lipinski definition) is 6. The molecule has 1 aliphatic carbocycles.